The van der Waals surface area contributed by atoms with Gasteiger partial charge in [0.15, 0.2) is 0 Å². The highest BCUT2D eigenvalue weighted by molar-refractivity contribution is 7.99. The van der Waals surface area contributed by atoms with Gasteiger partial charge in [-0.15, -0.1) is 0 Å². The molecule has 102 valence electrons. The molecule has 2 rings (SSSR count). The van der Waals surface area contributed by atoms with Crippen molar-refractivity contribution in [3.63, 3.8) is 0 Å². The summed E-state index contributed by atoms with van der Waals surface area (Å²) < 4.78 is 0. The lowest BCUT2D eigenvalue weighted by Crippen LogP contribution is -2.37. The van der Waals surface area contributed by atoms with Crippen LogP contribution < -0.4 is 5.32 Å². The number of nitrogens with one attached hydrogen (secondary N) is 1. The number of aliphatic carboxylic acids is 1. The van der Waals surface area contributed by atoms with E-state index in [1.165, 1.54) is 12.2 Å². The third-order valence-corrected chi connectivity index (χ3v) is 5.21. The molecule has 0 aromatic heterocycles. The average Bonchev–Trinajstić information content (AvgIpc) is 2.89. The molecule has 1 heterocycles. The van der Waals surface area contributed by atoms with Crippen LogP contribution in [0.25, 0.3) is 0 Å². The minimum atomic E-state index is -0.750. The van der Waals surface area contributed by atoms with Crippen LogP contribution in [0.1, 0.15) is 32.1 Å². The van der Waals surface area contributed by atoms with E-state index in [4.69, 9.17) is 5.11 Å². The van der Waals surface area contributed by atoms with E-state index in [-0.39, 0.29) is 17.7 Å². The standard InChI is InChI=1S/C13H21NO3S/c15-12(14-7-9-4-5-18-8-9)10-2-1-3-11(6-10)13(16)17/h9-11H,1-8H2,(H,14,15)(H,16,17). The Balaban J connectivity index is 1.75. The summed E-state index contributed by atoms with van der Waals surface area (Å²) in [6.45, 7) is 0.764. The lowest BCUT2D eigenvalue weighted by molar-refractivity contribution is -0.144. The van der Waals surface area contributed by atoms with Gasteiger partial charge < -0.3 is 10.4 Å². The second kappa shape index (κ2) is 6.45. The molecule has 0 spiro atoms. The van der Waals surface area contributed by atoms with E-state index in [1.54, 1.807) is 0 Å². The molecule has 2 fully saturated rings. The highest BCUT2D eigenvalue weighted by Gasteiger charge is 2.31. The van der Waals surface area contributed by atoms with Gasteiger partial charge in [-0.1, -0.05) is 6.42 Å². The van der Waals surface area contributed by atoms with Crippen molar-refractivity contribution >= 4 is 23.6 Å². The van der Waals surface area contributed by atoms with Gasteiger partial charge >= 0.3 is 5.97 Å². The molecule has 18 heavy (non-hydrogen) atoms. The van der Waals surface area contributed by atoms with Crippen LogP contribution in [0, 0.1) is 17.8 Å². The number of hydrogen-bond acceptors (Lipinski definition) is 3. The van der Waals surface area contributed by atoms with E-state index in [0.29, 0.717) is 12.3 Å². The van der Waals surface area contributed by atoms with Gasteiger partial charge in [-0.05, 0) is 43.1 Å². The van der Waals surface area contributed by atoms with Crippen molar-refractivity contribution in [2.75, 3.05) is 18.1 Å². The van der Waals surface area contributed by atoms with Gasteiger partial charge in [0.05, 0.1) is 5.92 Å². The summed E-state index contributed by atoms with van der Waals surface area (Å²) in [6.07, 6.45) is 4.12. The molecule has 3 atom stereocenters. The van der Waals surface area contributed by atoms with E-state index >= 15 is 0 Å². The highest BCUT2D eigenvalue weighted by Crippen LogP contribution is 2.29. The molecule has 1 saturated carbocycles. The number of carboxylic acids is 1. The number of thioether (sulfide) groups is 1. The number of carbonyl (C=O) groups excluding carboxylic acids is 1. The zero-order chi connectivity index (χ0) is 13.0. The van der Waals surface area contributed by atoms with Crippen molar-refractivity contribution in [1.29, 1.82) is 0 Å². The first-order chi connectivity index (χ1) is 8.66. The Morgan fingerprint density at radius 2 is 2.00 bits per heavy atom. The Hall–Kier alpha value is -0.710. The second-order valence-electron chi connectivity index (χ2n) is 5.37. The highest BCUT2D eigenvalue weighted by atomic mass is 32.2. The van der Waals surface area contributed by atoms with Crippen LogP contribution in [-0.4, -0.2) is 35.0 Å². The maximum Gasteiger partial charge on any atom is 0.306 e. The monoisotopic (exact) mass is 271 g/mol. The average molecular weight is 271 g/mol. The molecule has 2 N–H and O–H groups in total. The molecule has 1 saturated heterocycles. The molecule has 0 bridgehead atoms. The van der Waals surface area contributed by atoms with Gasteiger partial charge in [0, 0.05) is 12.5 Å². The van der Waals surface area contributed by atoms with Crippen LogP contribution in [0.15, 0.2) is 0 Å². The predicted molar refractivity (Wildman–Crippen MR) is 71.5 cm³/mol. The zero-order valence-electron chi connectivity index (χ0n) is 10.6. The van der Waals surface area contributed by atoms with Gasteiger partial charge in [0.1, 0.15) is 0 Å². The first-order valence-electron chi connectivity index (χ1n) is 6.75. The molecular weight excluding hydrogens is 250 g/mol. The van der Waals surface area contributed by atoms with Crippen molar-refractivity contribution in [2.45, 2.75) is 32.1 Å². The molecule has 1 aliphatic carbocycles. The van der Waals surface area contributed by atoms with Crippen molar-refractivity contribution in [2.24, 2.45) is 17.8 Å². The fourth-order valence-electron chi connectivity index (χ4n) is 2.79. The van der Waals surface area contributed by atoms with Gasteiger partial charge in [0.25, 0.3) is 0 Å². The minimum absolute atomic E-state index is 0.0675. The van der Waals surface area contributed by atoms with Crippen LogP contribution in [0.3, 0.4) is 0 Å². The zero-order valence-corrected chi connectivity index (χ0v) is 11.4. The lowest BCUT2D eigenvalue weighted by atomic mass is 9.81. The normalized spacial score (nSPS) is 32.1. The fourth-order valence-corrected chi connectivity index (χ4v) is 4.07. The molecule has 0 aromatic carbocycles. The molecule has 4 nitrogen and oxygen atoms in total. The minimum Gasteiger partial charge on any atom is -0.481 e. The van der Waals surface area contributed by atoms with E-state index in [2.05, 4.69) is 5.32 Å². The Morgan fingerprint density at radius 3 is 2.67 bits per heavy atom. The van der Waals surface area contributed by atoms with Crippen molar-refractivity contribution in [3.8, 4) is 0 Å². The topological polar surface area (TPSA) is 66.4 Å². The number of hydrogen-bond donors (Lipinski definition) is 2. The summed E-state index contributed by atoms with van der Waals surface area (Å²) in [5, 5.41) is 12.0. The maximum atomic E-state index is 12.0. The summed E-state index contributed by atoms with van der Waals surface area (Å²) in [5.74, 6) is 1.86. The van der Waals surface area contributed by atoms with E-state index in [0.717, 1.165) is 31.6 Å². The maximum absolute atomic E-state index is 12.0. The van der Waals surface area contributed by atoms with Gasteiger partial charge in [0.2, 0.25) is 5.91 Å². The number of carbonyl (C=O) groups is 2. The van der Waals surface area contributed by atoms with Crippen molar-refractivity contribution < 1.29 is 14.7 Å². The smallest absolute Gasteiger partial charge is 0.306 e. The van der Waals surface area contributed by atoms with E-state index < -0.39 is 5.97 Å². The molecule has 0 aromatic rings. The third-order valence-electron chi connectivity index (χ3n) is 3.98. The van der Waals surface area contributed by atoms with Crippen LogP contribution in [0.2, 0.25) is 0 Å². The van der Waals surface area contributed by atoms with E-state index in [9.17, 15) is 9.59 Å². The Bertz CT molecular complexity index is 315. The second-order valence-corrected chi connectivity index (χ2v) is 6.52. The van der Waals surface area contributed by atoms with Crippen molar-refractivity contribution in [3.05, 3.63) is 0 Å². The van der Waals surface area contributed by atoms with Gasteiger partial charge in [-0.2, -0.15) is 11.8 Å². The quantitative estimate of drug-likeness (QED) is 0.817. The number of amides is 1. The lowest BCUT2D eigenvalue weighted by Gasteiger charge is -2.26. The first kappa shape index (κ1) is 13.7. The van der Waals surface area contributed by atoms with Crippen LogP contribution >= 0.6 is 11.8 Å². The van der Waals surface area contributed by atoms with Gasteiger partial charge in [-0.3, -0.25) is 9.59 Å². The third kappa shape index (κ3) is 3.64. The van der Waals surface area contributed by atoms with E-state index in [1.807, 2.05) is 11.8 Å². The molecule has 5 heteroatoms. The summed E-state index contributed by atoms with van der Waals surface area (Å²) >= 11 is 1.94. The van der Waals surface area contributed by atoms with Crippen LogP contribution in [-0.2, 0) is 9.59 Å². The summed E-state index contributed by atoms with van der Waals surface area (Å²) in [4.78, 5) is 23.0. The Kier molecular flexibility index (Phi) is 4.92. The first-order valence-corrected chi connectivity index (χ1v) is 7.90. The molecule has 1 aliphatic heterocycles. The molecule has 2 aliphatic rings. The molecule has 1 amide bonds. The molecule has 3 unspecified atom stereocenters. The molecular formula is C13H21NO3S. The summed E-state index contributed by atoms with van der Waals surface area (Å²) in [6, 6.07) is 0. The van der Waals surface area contributed by atoms with Gasteiger partial charge in [-0.25, -0.2) is 0 Å². The Morgan fingerprint density at radius 1 is 1.22 bits per heavy atom. The van der Waals surface area contributed by atoms with Crippen LogP contribution in [0.4, 0.5) is 0 Å². The number of rotatable bonds is 4. The SMILES string of the molecule is O=C(O)C1CCCC(C(=O)NCC2CCSC2)C1. The van der Waals surface area contributed by atoms with Crippen molar-refractivity contribution in [1.82, 2.24) is 5.32 Å². The fraction of sp³-hybridized carbons (Fsp3) is 0.846. The largest absolute Gasteiger partial charge is 0.481 e. The van der Waals surface area contributed by atoms with Crippen LogP contribution in [0.5, 0.6) is 0 Å². The predicted octanol–water partition coefficient (Wildman–Crippen LogP) is 1.75. The number of carboxylic acid groups (broad SMARTS) is 1. The molecule has 0 radical (unpaired) electrons. The summed E-state index contributed by atoms with van der Waals surface area (Å²) in [7, 11) is 0. The Labute approximate surface area is 112 Å². The summed E-state index contributed by atoms with van der Waals surface area (Å²) in [5.41, 5.74) is 0.